The van der Waals surface area contributed by atoms with Crippen LogP contribution in [0.3, 0.4) is 0 Å². The standard InChI is InChI=1S/C7H10Br2N4OS/c8-5(9)2-1-3-10-7(14)12-6-4-11-13-15-6/h4-5H,1-3H2,(H2,10,12,14). The molecule has 0 spiro atoms. The lowest BCUT2D eigenvalue weighted by Gasteiger charge is -2.05. The van der Waals surface area contributed by atoms with Crippen molar-refractivity contribution in [3.8, 4) is 0 Å². The topological polar surface area (TPSA) is 66.9 Å². The Kier molecular flexibility index (Phi) is 6.11. The fourth-order valence-electron chi connectivity index (χ4n) is 0.837. The van der Waals surface area contributed by atoms with Gasteiger partial charge in [0.05, 0.1) is 9.93 Å². The van der Waals surface area contributed by atoms with Crippen molar-refractivity contribution in [1.82, 2.24) is 14.9 Å². The first-order valence-electron chi connectivity index (χ1n) is 4.29. The van der Waals surface area contributed by atoms with Gasteiger partial charge in [-0.25, -0.2) is 4.79 Å². The molecule has 0 aliphatic heterocycles. The highest BCUT2D eigenvalue weighted by molar-refractivity contribution is 9.24. The van der Waals surface area contributed by atoms with Crippen LogP contribution in [0.2, 0.25) is 0 Å². The second-order valence-corrected chi connectivity index (χ2v) is 6.92. The van der Waals surface area contributed by atoms with E-state index in [0.717, 1.165) is 24.4 Å². The van der Waals surface area contributed by atoms with E-state index in [2.05, 4.69) is 52.1 Å². The normalized spacial score (nSPS) is 10.3. The monoisotopic (exact) mass is 356 g/mol. The van der Waals surface area contributed by atoms with Crippen molar-refractivity contribution in [3.05, 3.63) is 6.20 Å². The van der Waals surface area contributed by atoms with Gasteiger partial charge in [0.15, 0.2) is 0 Å². The third-order valence-electron chi connectivity index (χ3n) is 1.48. The molecule has 1 aromatic heterocycles. The van der Waals surface area contributed by atoms with Crippen molar-refractivity contribution < 1.29 is 4.79 Å². The van der Waals surface area contributed by atoms with Crippen LogP contribution < -0.4 is 10.6 Å². The van der Waals surface area contributed by atoms with Gasteiger partial charge in [0, 0.05) is 18.1 Å². The van der Waals surface area contributed by atoms with Crippen LogP contribution in [0.25, 0.3) is 0 Å². The highest BCUT2D eigenvalue weighted by Crippen LogP contribution is 2.13. The highest BCUT2D eigenvalue weighted by Gasteiger charge is 2.03. The number of urea groups is 1. The summed E-state index contributed by atoms with van der Waals surface area (Å²) in [6.45, 7) is 0.645. The number of nitrogens with one attached hydrogen (secondary N) is 2. The first kappa shape index (κ1) is 12.9. The molecule has 84 valence electrons. The first-order valence-corrected chi connectivity index (χ1v) is 6.89. The third kappa shape index (κ3) is 6.06. The smallest absolute Gasteiger partial charge is 0.319 e. The Balaban J connectivity index is 2.09. The largest absolute Gasteiger partial charge is 0.338 e. The van der Waals surface area contributed by atoms with Gasteiger partial charge in [-0.05, 0) is 12.8 Å². The summed E-state index contributed by atoms with van der Waals surface area (Å²) in [5.74, 6) is 0. The zero-order chi connectivity index (χ0) is 11.1. The fraction of sp³-hybridized carbons (Fsp3) is 0.571. The maximum absolute atomic E-state index is 11.3. The molecule has 2 N–H and O–H groups in total. The van der Waals surface area contributed by atoms with Gasteiger partial charge in [-0.3, -0.25) is 5.32 Å². The van der Waals surface area contributed by atoms with Crippen molar-refractivity contribution >= 4 is 54.4 Å². The molecule has 0 saturated carbocycles. The van der Waals surface area contributed by atoms with Crippen LogP contribution in [0.15, 0.2) is 6.20 Å². The van der Waals surface area contributed by atoms with Crippen molar-refractivity contribution in [3.63, 3.8) is 0 Å². The molecule has 0 fully saturated rings. The molecule has 1 rings (SSSR count). The Morgan fingerprint density at radius 2 is 2.40 bits per heavy atom. The van der Waals surface area contributed by atoms with E-state index in [4.69, 9.17) is 0 Å². The SMILES string of the molecule is O=C(NCCCC(Br)Br)Nc1cnns1. The average molecular weight is 358 g/mol. The lowest BCUT2D eigenvalue weighted by molar-refractivity contribution is 0.252. The number of alkyl halides is 2. The zero-order valence-corrected chi connectivity index (χ0v) is 11.7. The van der Waals surface area contributed by atoms with Gasteiger partial charge < -0.3 is 5.32 Å². The van der Waals surface area contributed by atoms with Crippen LogP contribution in [-0.2, 0) is 0 Å². The summed E-state index contributed by atoms with van der Waals surface area (Å²) < 4.78 is 3.94. The Bertz CT molecular complexity index is 293. The van der Waals surface area contributed by atoms with Gasteiger partial charge in [-0.15, -0.1) is 5.10 Å². The molecule has 0 aromatic carbocycles. The number of hydrogen-bond acceptors (Lipinski definition) is 4. The Hall–Kier alpha value is -0.210. The van der Waals surface area contributed by atoms with Gasteiger partial charge in [-0.2, -0.15) is 0 Å². The summed E-state index contributed by atoms with van der Waals surface area (Å²) in [6, 6.07) is -0.221. The summed E-state index contributed by atoms with van der Waals surface area (Å²) in [4.78, 5) is 11.3. The number of amides is 2. The molecule has 0 saturated heterocycles. The molecular weight excluding hydrogens is 348 g/mol. The van der Waals surface area contributed by atoms with Gasteiger partial charge in [0.25, 0.3) is 0 Å². The van der Waals surface area contributed by atoms with Gasteiger partial charge in [0.2, 0.25) is 0 Å². The van der Waals surface area contributed by atoms with E-state index in [9.17, 15) is 4.79 Å². The maximum Gasteiger partial charge on any atom is 0.319 e. The molecule has 0 bridgehead atoms. The number of carbonyl (C=O) groups is 1. The van der Waals surface area contributed by atoms with Crippen LogP contribution in [-0.4, -0.2) is 25.9 Å². The number of nitrogens with zero attached hydrogens (tertiary/aromatic N) is 2. The van der Waals surface area contributed by atoms with Gasteiger partial charge >= 0.3 is 6.03 Å². The molecule has 0 atom stereocenters. The number of hydrogen-bond donors (Lipinski definition) is 2. The molecule has 0 unspecified atom stereocenters. The Morgan fingerprint density at radius 1 is 1.60 bits per heavy atom. The summed E-state index contributed by atoms with van der Waals surface area (Å²) >= 11 is 7.87. The molecule has 0 aliphatic rings. The minimum Gasteiger partial charge on any atom is -0.338 e. The Morgan fingerprint density at radius 3 is 3.00 bits per heavy atom. The van der Waals surface area contributed by atoms with Crippen LogP contribution in [0, 0.1) is 0 Å². The number of rotatable bonds is 5. The van der Waals surface area contributed by atoms with Crippen molar-refractivity contribution in [2.45, 2.75) is 16.6 Å². The minimum absolute atomic E-state index is 0.221. The van der Waals surface area contributed by atoms with E-state index in [-0.39, 0.29) is 6.03 Å². The predicted molar refractivity (Wildman–Crippen MR) is 67.8 cm³/mol. The summed E-state index contributed by atoms with van der Waals surface area (Å²) in [6.07, 6.45) is 3.38. The molecule has 0 radical (unpaired) electrons. The molecular formula is C7H10Br2N4OS. The minimum atomic E-state index is -0.221. The van der Waals surface area contributed by atoms with Crippen molar-refractivity contribution in [2.75, 3.05) is 11.9 Å². The maximum atomic E-state index is 11.3. The lowest BCUT2D eigenvalue weighted by atomic mass is 10.3. The van der Waals surface area contributed by atoms with E-state index >= 15 is 0 Å². The van der Waals surface area contributed by atoms with Crippen LogP contribution in [0.4, 0.5) is 9.80 Å². The van der Waals surface area contributed by atoms with Gasteiger partial charge in [-0.1, -0.05) is 36.3 Å². The van der Waals surface area contributed by atoms with Crippen LogP contribution >= 0.6 is 43.4 Å². The molecule has 0 aliphatic carbocycles. The highest BCUT2D eigenvalue weighted by atomic mass is 79.9. The number of aromatic nitrogens is 2. The summed E-state index contributed by atoms with van der Waals surface area (Å²) in [7, 11) is 0. The molecule has 5 nitrogen and oxygen atoms in total. The Labute approximate surface area is 108 Å². The third-order valence-corrected chi connectivity index (χ3v) is 2.98. The summed E-state index contributed by atoms with van der Waals surface area (Å²) in [5.41, 5.74) is 0. The lowest BCUT2D eigenvalue weighted by Crippen LogP contribution is -2.29. The average Bonchev–Trinajstić information content (AvgIpc) is 2.64. The molecule has 8 heteroatoms. The molecule has 1 heterocycles. The van der Waals surface area contributed by atoms with Crippen LogP contribution in [0.1, 0.15) is 12.8 Å². The van der Waals surface area contributed by atoms with Crippen LogP contribution in [0.5, 0.6) is 0 Å². The van der Waals surface area contributed by atoms with Gasteiger partial charge in [0.1, 0.15) is 5.00 Å². The van der Waals surface area contributed by atoms with E-state index in [1.165, 1.54) is 6.20 Å². The summed E-state index contributed by atoms with van der Waals surface area (Å²) in [5, 5.41) is 9.62. The first-order chi connectivity index (χ1) is 7.18. The fourth-order valence-corrected chi connectivity index (χ4v) is 1.90. The predicted octanol–water partition coefficient (Wildman–Crippen LogP) is 2.56. The van der Waals surface area contributed by atoms with E-state index in [1.54, 1.807) is 0 Å². The van der Waals surface area contributed by atoms with Crippen molar-refractivity contribution in [2.24, 2.45) is 0 Å². The number of anilines is 1. The van der Waals surface area contributed by atoms with E-state index < -0.39 is 0 Å². The quantitative estimate of drug-likeness (QED) is 0.628. The number of carbonyl (C=O) groups excluding carboxylic acids is 1. The zero-order valence-electron chi connectivity index (χ0n) is 7.74. The van der Waals surface area contributed by atoms with E-state index in [1.807, 2.05) is 0 Å². The molecule has 15 heavy (non-hydrogen) atoms. The molecule has 2 amide bonds. The second-order valence-electron chi connectivity index (χ2n) is 2.70. The van der Waals surface area contributed by atoms with E-state index in [0.29, 0.717) is 15.3 Å². The second kappa shape index (κ2) is 7.13. The number of halogens is 2. The van der Waals surface area contributed by atoms with Crippen molar-refractivity contribution in [1.29, 1.82) is 0 Å². The molecule has 1 aromatic rings.